The number of hydrogen-bond donors (Lipinski definition) is 5. The summed E-state index contributed by atoms with van der Waals surface area (Å²) in [5, 5.41) is 41.6. The van der Waals surface area contributed by atoms with E-state index in [2.05, 4.69) is 0 Å². The highest BCUT2D eigenvalue weighted by Gasteiger charge is 2.45. The third kappa shape index (κ3) is 2.13. The van der Waals surface area contributed by atoms with Gasteiger partial charge in [0.15, 0.2) is 0 Å². The number of ether oxygens (including phenoxy) is 1. The maximum atomic E-state index is 9.35. The fraction of sp³-hybridized carbons (Fsp3) is 1.00. The van der Waals surface area contributed by atoms with Gasteiger partial charge in [0.25, 0.3) is 0 Å². The maximum absolute atomic E-state index is 9.35. The van der Waals surface area contributed by atoms with Gasteiger partial charge in [0.05, 0.1) is 6.61 Å². The molecule has 0 spiro atoms. The van der Waals surface area contributed by atoms with Crippen molar-refractivity contribution in [3.8, 4) is 0 Å². The van der Waals surface area contributed by atoms with Gasteiger partial charge in [-0.1, -0.05) is 0 Å². The summed E-state index contributed by atoms with van der Waals surface area (Å²) in [6.45, 7) is -0.531. The Hall–Kier alpha value is 0.110. The van der Waals surface area contributed by atoms with Gasteiger partial charge in [0.2, 0.25) is 0 Å². The van der Waals surface area contributed by atoms with Gasteiger partial charge in [-0.15, -0.1) is 0 Å². The molecule has 1 rings (SSSR count). The molecule has 0 aliphatic carbocycles. The zero-order chi connectivity index (χ0) is 10.0. The van der Waals surface area contributed by atoms with Crippen LogP contribution in [0.1, 0.15) is 0 Å². The lowest BCUT2D eigenvalue weighted by Gasteiger charge is -2.18. The Labute approximate surface area is 79.4 Å². The fourth-order valence-electron chi connectivity index (χ4n) is 1.21. The number of aliphatic hydroxyl groups excluding tert-OH is 4. The van der Waals surface area contributed by atoms with Crippen LogP contribution in [0.2, 0.25) is 0 Å². The van der Waals surface area contributed by atoms with E-state index >= 15 is 0 Å². The summed E-state index contributed by atoms with van der Waals surface area (Å²) in [6, 6.07) is 0. The van der Waals surface area contributed by atoms with E-state index in [0.29, 0.717) is 0 Å². The highest BCUT2D eigenvalue weighted by Crippen LogP contribution is 2.28. The van der Waals surface area contributed by atoms with Crippen molar-refractivity contribution < 1.29 is 25.2 Å². The topological polar surface area (TPSA) is 116 Å². The third-order valence-electron chi connectivity index (χ3n) is 1.96. The predicted molar refractivity (Wildman–Crippen MR) is 45.5 cm³/mol. The third-order valence-corrected chi connectivity index (χ3v) is 2.62. The Morgan fingerprint density at radius 2 is 2.00 bits per heavy atom. The first kappa shape index (κ1) is 11.2. The van der Waals surface area contributed by atoms with Gasteiger partial charge >= 0.3 is 0 Å². The van der Waals surface area contributed by atoms with Gasteiger partial charge in [-0.05, 0) is 11.9 Å². The van der Waals surface area contributed by atoms with E-state index < -0.39 is 36.5 Å². The number of rotatable bonds is 3. The first-order valence-electron chi connectivity index (χ1n) is 3.78. The van der Waals surface area contributed by atoms with Crippen LogP contribution in [0.3, 0.4) is 0 Å². The highest BCUT2D eigenvalue weighted by atomic mass is 32.2. The lowest BCUT2D eigenvalue weighted by molar-refractivity contribution is -0.0713. The van der Waals surface area contributed by atoms with Crippen LogP contribution in [0.25, 0.3) is 0 Å². The van der Waals surface area contributed by atoms with Crippen LogP contribution in [0.15, 0.2) is 0 Å². The molecule has 6 nitrogen and oxygen atoms in total. The lowest BCUT2D eigenvalue weighted by atomic mass is 10.1. The van der Waals surface area contributed by atoms with Crippen molar-refractivity contribution in [1.29, 1.82) is 0 Å². The molecular formula is C6H13NO5S. The summed E-state index contributed by atoms with van der Waals surface area (Å²) in [5.74, 6) is 0. The molecule has 0 aromatic rings. The van der Waals surface area contributed by atoms with Crippen LogP contribution < -0.4 is 5.14 Å². The van der Waals surface area contributed by atoms with Crippen molar-refractivity contribution in [3.05, 3.63) is 0 Å². The van der Waals surface area contributed by atoms with Crippen LogP contribution in [-0.2, 0) is 4.74 Å². The predicted octanol–water partition coefficient (Wildman–Crippen LogP) is -2.61. The zero-order valence-corrected chi connectivity index (χ0v) is 7.59. The van der Waals surface area contributed by atoms with E-state index in [9.17, 15) is 10.2 Å². The van der Waals surface area contributed by atoms with Crippen LogP contribution >= 0.6 is 11.9 Å². The SMILES string of the molecule is NSC1O[C@@H]([C@H](O)CO)[C@H](O)[C@H]1O. The van der Waals surface area contributed by atoms with Crippen LogP contribution in [0.5, 0.6) is 0 Å². The van der Waals surface area contributed by atoms with E-state index in [4.69, 9.17) is 20.1 Å². The second-order valence-corrected chi connectivity index (χ2v) is 3.57. The quantitative estimate of drug-likeness (QED) is 0.325. The maximum Gasteiger partial charge on any atom is 0.145 e. The Morgan fingerprint density at radius 1 is 1.38 bits per heavy atom. The van der Waals surface area contributed by atoms with E-state index in [-0.39, 0.29) is 0 Å². The molecule has 7 heteroatoms. The fourth-order valence-corrected chi connectivity index (χ4v) is 1.72. The molecule has 78 valence electrons. The number of hydrogen-bond acceptors (Lipinski definition) is 7. The molecule has 0 bridgehead atoms. The van der Waals surface area contributed by atoms with E-state index in [1.165, 1.54) is 0 Å². The summed E-state index contributed by atoms with van der Waals surface area (Å²) in [6.07, 6.45) is -4.55. The molecule has 0 saturated carbocycles. The average Bonchev–Trinajstić information content (AvgIpc) is 2.43. The highest BCUT2D eigenvalue weighted by molar-refractivity contribution is 7.97. The summed E-state index contributed by atoms with van der Waals surface area (Å²) in [7, 11) is 0. The van der Waals surface area contributed by atoms with Crippen molar-refractivity contribution in [2.24, 2.45) is 5.14 Å². The summed E-state index contributed by atoms with van der Waals surface area (Å²) < 4.78 is 5.02. The van der Waals surface area contributed by atoms with Gasteiger partial charge in [0, 0.05) is 0 Å². The molecule has 0 aromatic heterocycles. The molecule has 1 saturated heterocycles. The van der Waals surface area contributed by atoms with E-state index in [0.717, 1.165) is 11.9 Å². The number of aliphatic hydroxyl groups is 4. The molecule has 1 aliphatic rings. The molecule has 5 atom stereocenters. The van der Waals surface area contributed by atoms with Crippen LogP contribution in [0, 0.1) is 0 Å². The molecule has 1 aliphatic heterocycles. The normalized spacial score (nSPS) is 42.2. The standard InChI is InChI=1S/C6H13NO5S/c7-13-6-4(11)3(10)5(12-6)2(9)1-8/h2-6,8-11H,1,7H2/t2-,3-,4-,5+,6?/m1/s1. The van der Waals surface area contributed by atoms with Crippen molar-refractivity contribution in [1.82, 2.24) is 0 Å². The van der Waals surface area contributed by atoms with Crippen molar-refractivity contribution in [2.45, 2.75) is 29.9 Å². The van der Waals surface area contributed by atoms with Crippen molar-refractivity contribution in [3.63, 3.8) is 0 Å². The van der Waals surface area contributed by atoms with Gasteiger partial charge < -0.3 is 25.2 Å². The molecule has 0 radical (unpaired) electrons. The van der Waals surface area contributed by atoms with Gasteiger partial charge in [-0.2, -0.15) is 0 Å². The van der Waals surface area contributed by atoms with Crippen molar-refractivity contribution >= 4 is 11.9 Å². The Balaban J connectivity index is 2.60. The molecule has 6 N–H and O–H groups in total. The average molecular weight is 211 g/mol. The minimum atomic E-state index is -1.22. The molecule has 1 fully saturated rings. The second-order valence-electron chi connectivity index (χ2n) is 2.84. The molecule has 1 unspecified atom stereocenters. The molecule has 13 heavy (non-hydrogen) atoms. The second kappa shape index (κ2) is 4.56. The van der Waals surface area contributed by atoms with Gasteiger partial charge in [0.1, 0.15) is 29.9 Å². The molecule has 1 heterocycles. The Kier molecular flexibility index (Phi) is 3.92. The summed E-state index contributed by atoms with van der Waals surface area (Å²) in [4.78, 5) is 0. The summed E-state index contributed by atoms with van der Waals surface area (Å²) >= 11 is 0.751. The monoisotopic (exact) mass is 211 g/mol. The number of nitrogens with two attached hydrogens (primary N) is 1. The smallest absolute Gasteiger partial charge is 0.145 e. The first-order chi connectivity index (χ1) is 6.11. The van der Waals surface area contributed by atoms with E-state index in [1.807, 2.05) is 0 Å². The minimum Gasteiger partial charge on any atom is -0.394 e. The molecular weight excluding hydrogens is 198 g/mol. The molecule has 0 amide bonds. The largest absolute Gasteiger partial charge is 0.394 e. The minimum absolute atomic E-state index is 0.531. The Bertz CT molecular complexity index is 171. The molecule has 0 aromatic carbocycles. The van der Waals surface area contributed by atoms with E-state index in [1.54, 1.807) is 0 Å². The zero-order valence-electron chi connectivity index (χ0n) is 6.78. The van der Waals surface area contributed by atoms with Crippen LogP contribution in [0.4, 0.5) is 0 Å². The summed E-state index contributed by atoms with van der Waals surface area (Å²) in [5.41, 5.74) is -0.763. The van der Waals surface area contributed by atoms with Gasteiger partial charge in [-0.25, -0.2) is 0 Å². The Morgan fingerprint density at radius 3 is 2.38 bits per heavy atom. The first-order valence-corrected chi connectivity index (χ1v) is 4.72. The lowest BCUT2D eigenvalue weighted by Crippen LogP contribution is -2.40. The van der Waals surface area contributed by atoms with Crippen LogP contribution in [-0.4, -0.2) is 56.9 Å². The van der Waals surface area contributed by atoms with Gasteiger partial charge in [-0.3, -0.25) is 5.14 Å². The van der Waals surface area contributed by atoms with Crippen molar-refractivity contribution in [2.75, 3.05) is 6.61 Å².